The molecule has 0 spiro atoms. The summed E-state index contributed by atoms with van der Waals surface area (Å²) < 4.78 is 15.2. The molecule has 1 heterocycles. The van der Waals surface area contributed by atoms with Gasteiger partial charge >= 0.3 is 0 Å². The SMILES string of the molecule is CC.CC.O=C(CNC(=O)c1cccc2ccc(O)cc12)NCc1cncn1Cc1cccc(F)c1. The zero-order valence-corrected chi connectivity index (χ0v) is 21.1. The fourth-order valence-corrected chi connectivity index (χ4v) is 3.44. The van der Waals surface area contributed by atoms with E-state index >= 15 is 0 Å². The summed E-state index contributed by atoms with van der Waals surface area (Å²) in [5, 5.41) is 16.5. The fraction of sp³-hybridized carbons (Fsp3) is 0.250. The number of nitrogens with zero attached hydrogens (tertiary/aromatic N) is 2. The minimum absolute atomic E-state index is 0.0605. The largest absolute Gasteiger partial charge is 0.508 e. The van der Waals surface area contributed by atoms with Gasteiger partial charge in [-0.1, -0.05) is 58.0 Å². The molecule has 0 bridgehead atoms. The van der Waals surface area contributed by atoms with Gasteiger partial charge in [0.1, 0.15) is 11.6 Å². The summed E-state index contributed by atoms with van der Waals surface area (Å²) in [6, 6.07) is 16.3. The van der Waals surface area contributed by atoms with Crippen LogP contribution in [0.5, 0.6) is 5.75 Å². The lowest BCUT2D eigenvalue weighted by Crippen LogP contribution is -2.37. The lowest BCUT2D eigenvalue weighted by Gasteiger charge is -2.11. The number of phenolic OH excluding ortho intramolecular Hbond substituents is 1. The second-order valence-corrected chi connectivity index (χ2v) is 7.31. The first-order chi connectivity index (χ1) is 17.5. The summed E-state index contributed by atoms with van der Waals surface area (Å²) in [6.07, 6.45) is 3.24. The minimum Gasteiger partial charge on any atom is -0.508 e. The molecule has 0 fully saturated rings. The van der Waals surface area contributed by atoms with Crippen molar-refractivity contribution in [2.75, 3.05) is 6.54 Å². The number of halogens is 1. The van der Waals surface area contributed by atoms with E-state index < -0.39 is 5.91 Å². The van der Waals surface area contributed by atoms with Gasteiger partial charge in [-0.15, -0.1) is 0 Å². The molecule has 3 N–H and O–H groups in total. The van der Waals surface area contributed by atoms with E-state index in [-0.39, 0.29) is 30.6 Å². The number of amides is 2. The number of phenols is 1. The molecule has 7 nitrogen and oxygen atoms in total. The molecule has 0 unspecified atom stereocenters. The molecule has 0 aliphatic rings. The van der Waals surface area contributed by atoms with Crippen molar-refractivity contribution in [2.45, 2.75) is 40.8 Å². The molecule has 0 atom stereocenters. The third kappa shape index (κ3) is 7.66. The van der Waals surface area contributed by atoms with Crippen LogP contribution in [0.25, 0.3) is 10.8 Å². The fourth-order valence-electron chi connectivity index (χ4n) is 3.44. The zero-order valence-electron chi connectivity index (χ0n) is 21.1. The van der Waals surface area contributed by atoms with Crippen LogP contribution in [-0.4, -0.2) is 33.0 Å². The van der Waals surface area contributed by atoms with E-state index in [9.17, 15) is 19.1 Å². The van der Waals surface area contributed by atoms with Crippen LogP contribution in [0.3, 0.4) is 0 Å². The number of hydrogen-bond acceptors (Lipinski definition) is 4. The van der Waals surface area contributed by atoms with Gasteiger partial charge in [0.15, 0.2) is 0 Å². The maximum absolute atomic E-state index is 13.4. The summed E-state index contributed by atoms with van der Waals surface area (Å²) in [7, 11) is 0. The van der Waals surface area contributed by atoms with Gasteiger partial charge in [0, 0.05) is 18.3 Å². The van der Waals surface area contributed by atoms with Gasteiger partial charge in [0.05, 0.1) is 25.1 Å². The Kier molecular flexibility index (Phi) is 11.1. The van der Waals surface area contributed by atoms with Crippen LogP contribution in [-0.2, 0) is 17.9 Å². The van der Waals surface area contributed by atoms with E-state index in [1.54, 1.807) is 42.9 Å². The highest BCUT2D eigenvalue weighted by Gasteiger charge is 2.12. The average Bonchev–Trinajstić information content (AvgIpc) is 3.34. The number of benzene rings is 3. The number of rotatable bonds is 7. The van der Waals surface area contributed by atoms with Crippen molar-refractivity contribution < 1.29 is 19.1 Å². The molecule has 0 aliphatic carbocycles. The second-order valence-electron chi connectivity index (χ2n) is 7.31. The lowest BCUT2D eigenvalue weighted by atomic mass is 10.0. The number of imidazole rings is 1. The summed E-state index contributed by atoms with van der Waals surface area (Å²) in [5.41, 5.74) is 1.90. The molecule has 0 aliphatic heterocycles. The number of carbonyl (C=O) groups is 2. The first-order valence-electron chi connectivity index (χ1n) is 12.0. The highest BCUT2D eigenvalue weighted by Crippen LogP contribution is 2.23. The van der Waals surface area contributed by atoms with E-state index in [4.69, 9.17) is 0 Å². The summed E-state index contributed by atoms with van der Waals surface area (Å²) in [4.78, 5) is 28.9. The molecule has 0 saturated carbocycles. The number of aromatic hydroxyl groups is 1. The Balaban J connectivity index is 0.00000109. The Bertz CT molecular complexity index is 1290. The van der Waals surface area contributed by atoms with Gasteiger partial charge in [0.2, 0.25) is 5.91 Å². The molecular formula is C28H33FN4O3. The highest BCUT2D eigenvalue weighted by atomic mass is 19.1. The number of carbonyl (C=O) groups excluding carboxylic acids is 2. The van der Waals surface area contributed by atoms with Crippen LogP contribution in [0.1, 0.15) is 49.3 Å². The molecule has 3 aromatic carbocycles. The molecule has 4 aromatic rings. The Morgan fingerprint density at radius 1 is 0.972 bits per heavy atom. The molecule has 0 saturated heterocycles. The van der Waals surface area contributed by atoms with Gasteiger partial charge in [-0.2, -0.15) is 0 Å². The Labute approximate surface area is 211 Å². The molecule has 2 amide bonds. The molecule has 0 radical (unpaired) electrons. The predicted octanol–water partition coefficient (Wildman–Crippen LogP) is 5.03. The van der Waals surface area contributed by atoms with Crippen LogP contribution >= 0.6 is 0 Å². The van der Waals surface area contributed by atoms with E-state index in [1.807, 2.05) is 44.4 Å². The van der Waals surface area contributed by atoms with Crippen molar-refractivity contribution in [3.63, 3.8) is 0 Å². The first kappa shape index (κ1) is 28.0. The summed E-state index contributed by atoms with van der Waals surface area (Å²) in [5.74, 6) is -1.02. The summed E-state index contributed by atoms with van der Waals surface area (Å²) in [6.45, 7) is 8.44. The Morgan fingerprint density at radius 3 is 2.47 bits per heavy atom. The third-order valence-corrected chi connectivity index (χ3v) is 5.03. The smallest absolute Gasteiger partial charge is 0.252 e. The van der Waals surface area contributed by atoms with Crippen molar-refractivity contribution >= 4 is 22.6 Å². The quantitative estimate of drug-likeness (QED) is 0.337. The Hall–Kier alpha value is -4.20. The predicted molar refractivity (Wildman–Crippen MR) is 140 cm³/mol. The van der Waals surface area contributed by atoms with Crippen molar-refractivity contribution in [1.82, 2.24) is 20.2 Å². The zero-order chi connectivity index (χ0) is 26.5. The van der Waals surface area contributed by atoms with Crippen molar-refractivity contribution in [3.8, 4) is 5.75 Å². The van der Waals surface area contributed by atoms with Crippen LogP contribution in [0.15, 0.2) is 73.2 Å². The van der Waals surface area contributed by atoms with Crippen LogP contribution in [0.4, 0.5) is 4.39 Å². The van der Waals surface area contributed by atoms with E-state index in [2.05, 4.69) is 15.6 Å². The van der Waals surface area contributed by atoms with Gasteiger partial charge in [-0.25, -0.2) is 9.37 Å². The monoisotopic (exact) mass is 492 g/mol. The lowest BCUT2D eigenvalue weighted by molar-refractivity contribution is -0.120. The Morgan fingerprint density at radius 2 is 1.72 bits per heavy atom. The van der Waals surface area contributed by atoms with Crippen molar-refractivity contribution in [3.05, 3.63) is 95.8 Å². The van der Waals surface area contributed by atoms with Crippen molar-refractivity contribution in [2.24, 2.45) is 0 Å². The van der Waals surface area contributed by atoms with E-state index in [1.165, 1.54) is 18.2 Å². The maximum Gasteiger partial charge on any atom is 0.252 e. The van der Waals surface area contributed by atoms with Gasteiger partial charge in [0.25, 0.3) is 5.91 Å². The number of fused-ring (bicyclic) bond motifs is 1. The summed E-state index contributed by atoms with van der Waals surface area (Å²) >= 11 is 0. The normalized spacial score (nSPS) is 9.92. The minimum atomic E-state index is -0.410. The molecule has 4 rings (SSSR count). The van der Waals surface area contributed by atoms with Crippen LogP contribution in [0, 0.1) is 5.82 Å². The molecular weight excluding hydrogens is 459 g/mol. The van der Waals surface area contributed by atoms with E-state index in [0.717, 1.165) is 16.6 Å². The van der Waals surface area contributed by atoms with Crippen LogP contribution < -0.4 is 10.6 Å². The average molecular weight is 493 g/mol. The topological polar surface area (TPSA) is 96.2 Å². The van der Waals surface area contributed by atoms with Crippen molar-refractivity contribution in [1.29, 1.82) is 0 Å². The van der Waals surface area contributed by atoms with Gasteiger partial charge < -0.3 is 20.3 Å². The molecule has 190 valence electrons. The standard InChI is InChI=1S/C24H21FN4O3.2C2H6/c25-18-5-1-3-16(9-18)14-29-15-26-11-19(29)12-27-23(31)13-28-24(32)21-6-2-4-17-7-8-20(30)10-22(17)21;2*1-2/h1-11,15,30H,12-14H2,(H,27,31)(H,28,32);2*1-2H3. The maximum atomic E-state index is 13.4. The number of nitrogens with one attached hydrogen (secondary N) is 2. The highest BCUT2D eigenvalue weighted by molar-refractivity contribution is 6.08. The van der Waals surface area contributed by atoms with Gasteiger partial charge in [-0.05, 0) is 46.7 Å². The van der Waals surface area contributed by atoms with E-state index in [0.29, 0.717) is 17.5 Å². The number of aromatic nitrogens is 2. The van der Waals surface area contributed by atoms with Crippen LogP contribution in [0.2, 0.25) is 0 Å². The first-order valence-corrected chi connectivity index (χ1v) is 12.0. The second kappa shape index (κ2) is 14.3. The molecule has 8 heteroatoms. The third-order valence-electron chi connectivity index (χ3n) is 5.03. The molecule has 1 aromatic heterocycles. The molecule has 36 heavy (non-hydrogen) atoms. The number of hydrogen-bond donors (Lipinski definition) is 3. The van der Waals surface area contributed by atoms with Gasteiger partial charge in [-0.3, -0.25) is 9.59 Å².